The van der Waals surface area contributed by atoms with Crippen molar-refractivity contribution in [1.29, 1.82) is 0 Å². The summed E-state index contributed by atoms with van der Waals surface area (Å²) >= 11 is 0. The molecular weight excluding hydrogens is 258 g/mol. The molecule has 0 bridgehead atoms. The Hall–Kier alpha value is -1.61. The largest absolute Gasteiger partial charge is 0.311 e. The third-order valence-electron chi connectivity index (χ3n) is 4.18. The van der Waals surface area contributed by atoms with Crippen molar-refractivity contribution in [3.63, 3.8) is 0 Å². The second-order valence-electron chi connectivity index (χ2n) is 5.43. The molecule has 1 aromatic carbocycles. The van der Waals surface area contributed by atoms with E-state index in [-0.39, 0.29) is 6.04 Å². The van der Waals surface area contributed by atoms with E-state index in [1.807, 2.05) is 7.05 Å². The number of aryl methyl sites for hydroxylation is 2. The van der Waals surface area contributed by atoms with Crippen LogP contribution in [0.25, 0.3) is 0 Å². The lowest BCUT2D eigenvalue weighted by Crippen LogP contribution is -2.29. The molecule has 0 spiro atoms. The van der Waals surface area contributed by atoms with Gasteiger partial charge in [-0.2, -0.15) is 5.10 Å². The van der Waals surface area contributed by atoms with Gasteiger partial charge >= 0.3 is 0 Å². The van der Waals surface area contributed by atoms with Crippen molar-refractivity contribution >= 4 is 0 Å². The van der Waals surface area contributed by atoms with Gasteiger partial charge in [0, 0.05) is 5.69 Å². The molecule has 114 valence electrons. The highest BCUT2D eigenvalue weighted by molar-refractivity contribution is 5.21. The number of nitrogens with one attached hydrogen (secondary N) is 1. The van der Waals surface area contributed by atoms with Gasteiger partial charge in [-0.25, -0.2) is 0 Å². The third kappa shape index (κ3) is 3.35. The van der Waals surface area contributed by atoms with E-state index in [0.29, 0.717) is 6.04 Å². The molecule has 3 heteroatoms. The first-order valence-electron chi connectivity index (χ1n) is 8.04. The minimum atomic E-state index is 0.283. The summed E-state index contributed by atoms with van der Waals surface area (Å²) in [6.45, 7) is 6.61. The first-order valence-corrected chi connectivity index (χ1v) is 8.04. The summed E-state index contributed by atoms with van der Waals surface area (Å²) in [5.41, 5.74) is 3.84. The average molecular weight is 285 g/mol. The van der Waals surface area contributed by atoms with Crippen LogP contribution in [0.4, 0.5) is 0 Å². The number of hydrogen-bond acceptors (Lipinski definition) is 2. The van der Waals surface area contributed by atoms with E-state index in [0.717, 1.165) is 19.3 Å². The number of likely N-dealkylation sites (N-methyl/N-ethyl adjacent to an activating group) is 1. The average Bonchev–Trinajstić information content (AvgIpc) is 2.96. The Morgan fingerprint density at radius 1 is 1.10 bits per heavy atom. The van der Waals surface area contributed by atoms with Crippen LogP contribution in [-0.2, 0) is 12.8 Å². The lowest BCUT2D eigenvalue weighted by Gasteiger charge is -2.28. The number of rotatable bonds is 7. The van der Waals surface area contributed by atoms with Crippen LogP contribution < -0.4 is 5.32 Å². The van der Waals surface area contributed by atoms with Crippen LogP contribution in [0.2, 0.25) is 0 Å². The molecule has 0 aliphatic carbocycles. The zero-order valence-corrected chi connectivity index (χ0v) is 13.6. The molecule has 0 saturated heterocycles. The summed E-state index contributed by atoms with van der Waals surface area (Å²) in [5, 5.41) is 8.33. The van der Waals surface area contributed by atoms with Gasteiger partial charge in [0.15, 0.2) is 0 Å². The molecule has 1 heterocycles. The molecule has 1 N–H and O–H groups in total. The van der Waals surface area contributed by atoms with Crippen molar-refractivity contribution in [3.8, 4) is 0 Å². The maximum Gasteiger partial charge on any atom is 0.0714 e. The van der Waals surface area contributed by atoms with Gasteiger partial charge < -0.3 is 5.32 Å². The molecule has 0 fully saturated rings. The molecule has 0 radical (unpaired) electrons. The maximum atomic E-state index is 4.84. The van der Waals surface area contributed by atoms with Gasteiger partial charge in [-0.3, -0.25) is 4.68 Å². The van der Waals surface area contributed by atoms with Crippen LogP contribution in [0.1, 0.15) is 56.2 Å². The van der Waals surface area contributed by atoms with Crippen LogP contribution in [-0.4, -0.2) is 16.8 Å². The summed E-state index contributed by atoms with van der Waals surface area (Å²) in [6, 6.07) is 13.5. The second kappa shape index (κ2) is 7.41. The van der Waals surface area contributed by atoms with E-state index in [1.54, 1.807) is 0 Å². The van der Waals surface area contributed by atoms with Crippen LogP contribution in [0.3, 0.4) is 0 Å². The van der Waals surface area contributed by atoms with Crippen LogP contribution in [0.5, 0.6) is 0 Å². The van der Waals surface area contributed by atoms with Crippen molar-refractivity contribution in [1.82, 2.24) is 15.1 Å². The highest BCUT2D eigenvalue weighted by atomic mass is 15.3. The van der Waals surface area contributed by atoms with Gasteiger partial charge in [-0.15, -0.1) is 0 Å². The summed E-state index contributed by atoms with van der Waals surface area (Å²) in [5.74, 6) is 0. The van der Waals surface area contributed by atoms with Crippen molar-refractivity contribution < 1.29 is 0 Å². The SMILES string of the molecule is CCc1cc(CC)n(C(CC)C(NC)c2ccccc2)n1. The van der Waals surface area contributed by atoms with Crippen molar-refractivity contribution in [2.45, 2.75) is 52.1 Å². The van der Waals surface area contributed by atoms with E-state index in [1.165, 1.54) is 17.0 Å². The first kappa shape index (κ1) is 15.8. The lowest BCUT2D eigenvalue weighted by atomic mass is 9.97. The standard InChI is InChI=1S/C18H27N3/c1-5-15-13-16(6-2)21(20-15)17(7-3)18(19-4)14-11-9-8-10-12-14/h8-13,17-19H,5-7H2,1-4H3. The first-order chi connectivity index (χ1) is 10.2. The molecule has 0 aliphatic heterocycles. The maximum absolute atomic E-state index is 4.84. The molecule has 2 atom stereocenters. The van der Waals surface area contributed by atoms with Crippen LogP contribution in [0, 0.1) is 0 Å². The summed E-state index contributed by atoms with van der Waals surface area (Å²) in [7, 11) is 2.04. The number of benzene rings is 1. The molecule has 0 aliphatic rings. The second-order valence-corrected chi connectivity index (χ2v) is 5.43. The van der Waals surface area contributed by atoms with Gasteiger partial charge in [-0.05, 0) is 37.9 Å². The Bertz CT molecular complexity index is 545. The predicted octanol–water partition coefficient (Wildman–Crippen LogP) is 3.92. The van der Waals surface area contributed by atoms with E-state index < -0.39 is 0 Å². The zero-order valence-electron chi connectivity index (χ0n) is 13.6. The molecule has 2 aromatic rings. The van der Waals surface area contributed by atoms with E-state index in [4.69, 9.17) is 5.10 Å². The van der Waals surface area contributed by atoms with Crippen molar-refractivity contribution in [2.24, 2.45) is 0 Å². The fourth-order valence-corrected chi connectivity index (χ4v) is 3.01. The Morgan fingerprint density at radius 3 is 2.33 bits per heavy atom. The minimum absolute atomic E-state index is 0.283. The smallest absolute Gasteiger partial charge is 0.0714 e. The molecule has 21 heavy (non-hydrogen) atoms. The summed E-state index contributed by atoms with van der Waals surface area (Å²) in [4.78, 5) is 0. The Balaban J connectivity index is 2.40. The lowest BCUT2D eigenvalue weighted by molar-refractivity contribution is 0.327. The van der Waals surface area contributed by atoms with E-state index >= 15 is 0 Å². The van der Waals surface area contributed by atoms with Gasteiger partial charge in [0.05, 0.1) is 17.8 Å². The van der Waals surface area contributed by atoms with Crippen LogP contribution in [0.15, 0.2) is 36.4 Å². The molecule has 0 saturated carbocycles. The van der Waals surface area contributed by atoms with Gasteiger partial charge in [0.25, 0.3) is 0 Å². The quantitative estimate of drug-likeness (QED) is 0.835. The fourth-order valence-electron chi connectivity index (χ4n) is 3.01. The molecule has 2 unspecified atom stereocenters. The van der Waals surface area contributed by atoms with Gasteiger partial charge in [0.1, 0.15) is 0 Å². The molecule has 3 nitrogen and oxygen atoms in total. The van der Waals surface area contributed by atoms with Gasteiger partial charge in [0.2, 0.25) is 0 Å². The Morgan fingerprint density at radius 2 is 1.81 bits per heavy atom. The zero-order chi connectivity index (χ0) is 15.2. The minimum Gasteiger partial charge on any atom is -0.311 e. The van der Waals surface area contributed by atoms with E-state index in [2.05, 4.69) is 67.2 Å². The van der Waals surface area contributed by atoms with Gasteiger partial charge in [-0.1, -0.05) is 51.1 Å². The number of aromatic nitrogens is 2. The fraction of sp³-hybridized carbons (Fsp3) is 0.500. The molecular formula is C18H27N3. The van der Waals surface area contributed by atoms with E-state index in [9.17, 15) is 0 Å². The molecule has 0 amide bonds. The number of hydrogen-bond donors (Lipinski definition) is 1. The highest BCUT2D eigenvalue weighted by Crippen LogP contribution is 2.30. The molecule has 2 rings (SSSR count). The van der Waals surface area contributed by atoms with Crippen molar-refractivity contribution in [3.05, 3.63) is 53.3 Å². The van der Waals surface area contributed by atoms with Crippen LogP contribution >= 0.6 is 0 Å². The van der Waals surface area contributed by atoms with Crippen molar-refractivity contribution in [2.75, 3.05) is 7.05 Å². The molecule has 1 aromatic heterocycles. The summed E-state index contributed by atoms with van der Waals surface area (Å²) < 4.78 is 2.24. The third-order valence-corrected chi connectivity index (χ3v) is 4.18. The Kier molecular flexibility index (Phi) is 5.57. The summed E-state index contributed by atoms with van der Waals surface area (Å²) in [6.07, 6.45) is 3.07. The predicted molar refractivity (Wildman–Crippen MR) is 88.6 cm³/mol. The normalized spacial score (nSPS) is 14.1. The monoisotopic (exact) mass is 285 g/mol. The number of nitrogens with zero attached hydrogens (tertiary/aromatic N) is 2. The highest BCUT2D eigenvalue weighted by Gasteiger charge is 2.24. The topological polar surface area (TPSA) is 29.9 Å². The Labute approximate surface area is 128 Å².